The number of anilines is 1. The van der Waals surface area contributed by atoms with Gasteiger partial charge in [-0.3, -0.25) is 4.90 Å². The van der Waals surface area contributed by atoms with Gasteiger partial charge >= 0.3 is 0 Å². The van der Waals surface area contributed by atoms with Gasteiger partial charge in [0.1, 0.15) is 11.6 Å². The van der Waals surface area contributed by atoms with Crippen molar-refractivity contribution < 1.29 is 9.13 Å². The van der Waals surface area contributed by atoms with Gasteiger partial charge in [-0.1, -0.05) is 25.0 Å². The van der Waals surface area contributed by atoms with Crippen molar-refractivity contribution in [3.05, 3.63) is 65.7 Å². The van der Waals surface area contributed by atoms with E-state index in [0.29, 0.717) is 6.04 Å². The monoisotopic (exact) mass is 436 g/mol. The van der Waals surface area contributed by atoms with Gasteiger partial charge in [0.05, 0.1) is 19.2 Å². The van der Waals surface area contributed by atoms with Gasteiger partial charge in [0.25, 0.3) is 0 Å². The zero-order chi connectivity index (χ0) is 21.9. The smallest absolute Gasteiger partial charge is 0.173 e. The van der Waals surface area contributed by atoms with Gasteiger partial charge in [-0.15, -0.1) is 5.10 Å². The molecule has 5 rings (SSSR count). The predicted octanol–water partition coefficient (Wildman–Crippen LogP) is 3.85. The molecule has 0 N–H and O–H groups in total. The van der Waals surface area contributed by atoms with Crippen LogP contribution in [-0.2, 0) is 0 Å². The second-order valence-corrected chi connectivity index (χ2v) is 8.60. The van der Waals surface area contributed by atoms with Crippen LogP contribution in [0.25, 0.3) is 0 Å². The average molecular weight is 437 g/mol. The van der Waals surface area contributed by atoms with Crippen LogP contribution in [0.1, 0.15) is 49.2 Å². The molecular formula is C24H29FN6O. The first-order valence-corrected chi connectivity index (χ1v) is 11.4. The highest BCUT2D eigenvalue weighted by molar-refractivity contribution is 5.46. The summed E-state index contributed by atoms with van der Waals surface area (Å²) in [6.07, 6.45) is 4.72. The quantitative estimate of drug-likeness (QED) is 0.585. The summed E-state index contributed by atoms with van der Waals surface area (Å²) in [6.45, 7) is 3.46. The van der Waals surface area contributed by atoms with Crippen molar-refractivity contribution in [2.75, 3.05) is 38.2 Å². The number of tetrazole rings is 1. The highest BCUT2D eigenvalue weighted by Crippen LogP contribution is 2.35. The molecule has 0 bridgehead atoms. The van der Waals surface area contributed by atoms with E-state index in [1.165, 1.54) is 25.0 Å². The van der Waals surface area contributed by atoms with E-state index in [1.54, 1.807) is 7.11 Å². The van der Waals surface area contributed by atoms with Crippen LogP contribution in [0.3, 0.4) is 0 Å². The fourth-order valence-corrected chi connectivity index (χ4v) is 4.99. The Morgan fingerprint density at radius 2 is 1.62 bits per heavy atom. The summed E-state index contributed by atoms with van der Waals surface area (Å²) in [6, 6.07) is 15.3. The van der Waals surface area contributed by atoms with Crippen molar-refractivity contribution >= 4 is 5.69 Å². The summed E-state index contributed by atoms with van der Waals surface area (Å²) in [5, 5.41) is 13.0. The molecule has 2 aliphatic rings. The Morgan fingerprint density at radius 1 is 0.938 bits per heavy atom. The van der Waals surface area contributed by atoms with Crippen molar-refractivity contribution in [2.24, 2.45) is 0 Å². The molecule has 0 amide bonds. The van der Waals surface area contributed by atoms with Gasteiger partial charge in [-0.2, -0.15) is 0 Å². The van der Waals surface area contributed by atoms with E-state index in [9.17, 15) is 4.39 Å². The van der Waals surface area contributed by atoms with E-state index in [-0.39, 0.29) is 11.9 Å². The largest absolute Gasteiger partial charge is 0.497 e. The molecule has 2 heterocycles. The molecule has 1 aliphatic carbocycles. The highest BCUT2D eigenvalue weighted by atomic mass is 19.1. The standard InChI is InChI=1S/C24H29FN6O/c1-32-22-12-6-18(7-13-22)23(24-26-27-28-31(24)21-4-2-3-5-21)30-16-14-29(15-17-30)20-10-8-19(25)9-11-20/h6-13,21,23H,2-5,14-17H2,1H3/t23-/m0/s1. The summed E-state index contributed by atoms with van der Waals surface area (Å²) < 4.78 is 20.8. The topological polar surface area (TPSA) is 59.3 Å². The molecule has 2 fully saturated rings. The maximum absolute atomic E-state index is 13.3. The molecule has 2 aromatic carbocycles. The lowest BCUT2D eigenvalue weighted by molar-refractivity contribution is 0.197. The maximum atomic E-state index is 13.3. The zero-order valence-electron chi connectivity index (χ0n) is 18.4. The van der Waals surface area contributed by atoms with E-state index < -0.39 is 0 Å². The molecule has 0 radical (unpaired) electrons. The molecule has 1 aliphatic heterocycles. The molecule has 7 nitrogen and oxygen atoms in total. The third-order valence-corrected chi connectivity index (χ3v) is 6.74. The molecule has 0 unspecified atom stereocenters. The third-order valence-electron chi connectivity index (χ3n) is 6.74. The second-order valence-electron chi connectivity index (χ2n) is 8.60. The van der Waals surface area contributed by atoms with E-state index in [4.69, 9.17) is 4.74 Å². The van der Waals surface area contributed by atoms with Crippen LogP contribution in [0.2, 0.25) is 0 Å². The normalized spacial score (nSPS) is 18.8. The van der Waals surface area contributed by atoms with Crippen LogP contribution in [0.5, 0.6) is 5.75 Å². The Kier molecular flexibility index (Phi) is 6.03. The number of hydrogen-bond donors (Lipinski definition) is 0. The van der Waals surface area contributed by atoms with Gasteiger partial charge < -0.3 is 9.64 Å². The van der Waals surface area contributed by atoms with Crippen molar-refractivity contribution in [1.29, 1.82) is 0 Å². The summed E-state index contributed by atoms with van der Waals surface area (Å²) in [4.78, 5) is 4.76. The van der Waals surface area contributed by atoms with Crippen LogP contribution in [-0.4, -0.2) is 58.4 Å². The van der Waals surface area contributed by atoms with E-state index >= 15 is 0 Å². The molecule has 32 heavy (non-hydrogen) atoms. The maximum Gasteiger partial charge on any atom is 0.173 e. The number of ether oxygens (including phenoxy) is 1. The lowest BCUT2D eigenvalue weighted by Crippen LogP contribution is -2.48. The number of nitrogens with zero attached hydrogens (tertiary/aromatic N) is 6. The highest BCUT2D eigenvalue weighted by Gasteiger charge is 2.33. The summed E-state index contributed by atoms with van der Waals surface area (Å²) in [5.41, 5.74) is 2.22. The fraction of sp³-hybridized carbons (Fsp3) is 0.458. The third kappa shape index (κ3) is 4.19. The van der Waals surface area contributed by atoms with E-state index in [2.05, 4.69) is 42.1 Å². The van der Waals surface area contributed by atoms with E-state index in [1.807, 2.05) is 24.3 Å². The Bertz CT molecular complexity index is 1010. The van der Waals surface area contributed by atoms with Crippen LogP contribution >= 0.6 is 0 Å². The number of rotatable bonds is 6. The minimum absolute atomic E-state index is 0.0214. The SMILES string of the molecule is COc1ccc([C@@H](c2nnnn2C2CCCC2)N2CCN(c3ccc(F)cc3)CC2)cc1. The van der Waals surface area contributed by atoms with Crippen molar-refractivity contribution in [3.63, 3.8) is 0 Å². The average Bonchev–Trinajstić information content (AvgIpc) is 3.53. The first-order valence-electron chi connectivity index (χ1n) is 11.4. The van der Waals surface area contributed by atoms with Crippen LogP contribution in [0.4, 0.5) is 10.1 Å². The number of methoxy groups -OCH3 is 1. The Morgan fingerprint density at radius 3 is 2.28 bits per heavy atom. The molecule has 0 spiro atoms. The number of hydrogen-bond acceptors (Lipinski definition) is 6. The van der Waals surface area contributed by atoms with E-state index in [0.717, 1.165) is 61.8 Å². The van der Waals surface area contributed by atoms with Crippen molar-refractivity contribution in [2.45, 2.75) is 37.8 Å². The van der Waals surface area contributed by atoms with Crippen LogP contribution in [0, 0.1) is 5.82 Å². The first kappa shape index (κ1) is 20.9. The molecule has 1 saturated carbocycles. The number of aromatic nitrogens is 4. The summed E-state index contributed by atoms with van der Waals surface area (Å²) in [5.74, 6) is 1.55. The minimum atomic E-state index is -0.203. The molecule has 3 aromatic rings. The molecule has 1 aromatic heterocycles. The van der Waals surface area contributed by atoms with Gasteiger partial charge in [0.15, 0.2) is 5.82 Å². The predicted molar refractivity (Wildman–Crippen MR) is 120 cm³/mol. The molecule has 1 saturated heterocycles. The Labute approximate surface area is 187 Å². The molecular weight excluding hydrogens is 407 g/mol. The second kappa shape index (κ2) is 9.24. The van der Waals surface area contributed by atoms with Crippen molar-refractivity contribution in [3.8, 4) is 5.75 Å². The number of halogens is 1. The number of piperazine rings is 1. The fourth-order valence-electron chi connectivity index (χ4n) is 4.99. The summed E-state index contributed by atoms with van der Waals surface area (Å²) in [7, 11) is 1.68. The van der Waals surface area contributed by atoms with Gasteiger partial charge in [-0.25, -0.2) is 9.07 Å². The summed E-state index contributed by atoms with van der Waals surface area (Å²) >= 11 is 0. The first-order chi connectivity index (χ1) is 15.7. The Hall–Kier alpha value is -3.00. The lowest BCUT2D eigenvalue weighted by atomic mass is 10.0. The lowest BCUT2D eigenvalue weighted by Gasteiger charge is -2.40. The van der Waals surface area contributed by atoms with Gasteiger partial charge in [0.2, 0.25) is 0 Å². The van der Waals surface area contributed by atoms with Crippen molar-refractivity contribution in [1.82, 2.24) is 25.1 Å². The molecule has 1 atom stereocenters. The minimum Gasteiger partial charge on any atom is -0.497 e. The number of benzene rings is 2. The Balaban J connectivity index is 1.42. The molecule has 8 heteroatoms. The van der Waals surface area contributed by atoms with Crippen LogP contribution in [0.15, 0.2) is 48.5 Å². The molecule has 168 valence electrons. The van der Waals surface area contributed by atoms with Gasteiger partial charge in [0, 0.05) is 31.9 Å². The van der Waals surface area contributed by atoms with Gasteiger partial charge in [-0.05, 0) is 65.2 Å². The van der Waals surface area contributed by atoms with Crippen LogP contribution < -0.4 is 9.64 Å². The zero-order valence-corrected chi connectivity index (χ0v) is 18.4.